The number of hydrogen-bond acceptors (Lipinski definition) is 6. The first kappa shape index (κ1) is 51.6. The average Bonchev–Trinajstić information content (AvgIpc) is 1.63. The van der Waals surface area contributed by atoms with E-state index in [2.05, 4.69) is 174 Å². The molecule has 0 amide bonds. The molecule has 0 atom stereocenters. The Bertz CT molecular complexity index is 6300. The fourth-order valence-electron chi connectivity index (χ4n) is 13.7. The molecular weight excluding hydrogens is 1130 g/mol. The molecule has 18 rings (SSSR count). The summed E-state index contributed by atoms with van der Waals surface area (Å²) in [5, 5.41) is 53.5. The van der Waals surface area contributed by atoms with Gasteiger partial charge < -0.3 is 28.3 Å². The van der Waals surface area contributed by atoms with Gasteiger partial charge in [-0.3, -0.25) is 0 Å². The highest BCUT2D eigenvalue weighted by Crippen LogP contribution is 2.46. The number of para-hydroxylation sites is 4. The summed E-state index contributed by atoms with van der Waals surface area (Å²) in [7, 11) is -1.68. The highest BCUT2D eigenvalue weighted by Gasteiger charge is 2.25. The zero-order valence-electron chi connectivity index (χ0n) is 46.9. The van der Waals surface area contributed by atoms with Crippen molar-refractivity contribution in [1.82, 2.24) is 18.3 Å². The maximum absolute atomic E-state index is 10.7. The van der Waals surface area contributed by atoms with Gasteiger partial charge >= 0.3 is 7.12 Å². The molecule has 89 heavy (non-hydrogen) atoms. The summed E-state index contributed by atoms with van der Waals surface area (Å²) in [4.78, 5) is 7.36. The third kappa shape index (κ3) is 7.72. The highest BCUT2D eigenvalue weighted by molar-refractivity contribution is 7.27. The van der Waals surface area contributed by atoms with Crippen LogP contribution in [0, 0.1) is 35.8 Å². The second-order valence-corrected chi connectivity index (χ2v) is 24.3. The van der Waals surface area contributed by atoms with E-state index in [4.69, 9.17) is 13.1 Å². The lowest BCUT2D eigenvalue weighted by Crippen LogP contribution is -2.30. The van der Waals surface area contributed by atoms with E-state index in [0.29, 0.717) is 28.0 Å². The molecule has 18 aromatic rings. The summed E-state index contributed by atoms with van der Waals surface area (Å²) in [6.07, 6.45) is 0. The molecule has 412 valence electrons. The van der Waals surface area contributed by atoms with Gasteiger partial charge in [0, 0.05) is 80.1 Å². The van der Waals surface area contributed by atoms with Gasteiger partial charge in [-0.2, -0.15) is 10.5 Å². The van der Waals surface area contributed by atoms with Crippen LogP contribution in [0.15, 0.2) is 237 Å². The van der Waals surface area contributed by atoms with Crippen molar-refractivity contribution >= 4 is 174 Å². The van der Waals surface area contributed by atoms with E-state index in [9.17, 15) is 20.6 Å². The zero-order chi connectivity index (χ0) is 59.8. The van der Waals surface area contributed by atoms with E-state index in [1.165, 1.54) is 20.2 Å². The molecule has 0 aliphatic carbocycles. The first-order valence-electron chi connectivity index (χ1n) is 28.8. The molecule has 10 nitrogen and oxygen atoms in total. The molecule has 2 N–H and O–H groups in total. The van der Waals surface area contributed by atoms with Crippen LogP contribution in [-0.4, -0.2) is 35.4 Å². The van der Waals surface area contributed by atoms with Crippen LogP contribution >= 0.6 is 22.7 Å². The second kappa shape index (κ2) is 19.9. The van der Waals surface area contributed by atoms with Crippen LogP contribution in [0.25, 0.3) is 160 Å². The Morgan fingerprint density at radius 1 is 0.337 bits per heavy atom. The van der Waals surface area contributed by atoms with Crippen molar-refractivity contribution in [3.8, 4) is 34.9 Å². The normalized spacial score (nSPS) is 11.7. The maximum atomic E-state index is 10.7. The Balaban J connectivity index is 0.000000138. The van der Waals surface area contributed by atoms with E-state index in [1.54, 1.807) is 11.3 Å². The van der Waals surface area contributed by atoms with Gasteiger partial charge in [-0.1, -0.05) is 109 Å². The second-order valence-electron chi connectivity index (χ2n) is 22.2. The molecule has 0 fully saturated rings. The van der Waals surface area contributed by atoms with Gasteiger partial charge in [-0.25, -0.2) is 9.69 Å². The van der Waals surface area contributed by atoms with Crippen LogP contribution in [0.3, 0.4) is 0 Å². The molecule has 0 bridgehead atoms. The Hall–Kier alpha value is -11.8. The Kier molecular flexibility index (Phi) is 11.5. The minimum Gasteiger partial charge on any atom is -0.423 e. The predicted octanol–water partition coefficient (Wildman–Crippen LogP) is 19.0. The number of aromatic nitrogens is 4. The summed E-state index contributed by atoms with van der Waals surface area (Å²) >= 11 is 3.36. The Morgan fingerprint density at radius 3 is 1.24 bits per heavy atom. The minimum atomic E-state index is -1.68. The number of hydrogen-bond donors (Lipinski definition) is 2. The quantitative estimate of drug-likeness (QED) is 0.132. The van der Waals surface area contributed by atoms with Gasteiger partial charge in [0.15, 0.2) is 11.4 Å². The lowest BCUT2D eigenvalue weighted by Gasteiger charge is -2.12. The van der Waals surface area contributed by atoms with Crippen molar-refractivity contribution in [1.29, 1.82) is 10.5 Å². The van der Waals surface area contributed by atoms with Gasteiger partial charge in [0.25, 0.3) is 0 Å². The number of benzene rings is 12. The summed E-state index contributed by atoms with van der Waals surface area (Å²) in [6.45, 7) is 15.1. The fourth-order valence-corrected chi connectivity index (χ4v) is 16.2. The van der Waals surface area contributed by atoms with Crippen molar-refractivity contribution in [2.24, 2.45) is 0 Å². The van der Waals surface area contributed by atoms with Crippen LogP contribution in [0.4, 0.5) is 11.4 Å². The van der Waals surface area contributed by atoms with Crippen molar-refractivity contribution in [3.05, 3.63) is 271 Å². The summed E-state index contributed by atoms with van der Waals surface area (Å²) in [5.41, 5.74) is 15.3. The topological polar surface area (TPSA) is 116 Å². The summed E-state index contributed by atoms with van der Waals surface area (Å²) in [6, 6.07) is 84.7. The lowest BCUT2D eigenvalue weighted by atomic mass is 9.79. The molecule has 0 aliphatic rings. The summed E-state index contributed by atoms with van der Waals surface area (Å²) in [5.74, 6) is 0. The number of nitriles is 2. The smallest absolute Gasteiger partial charge is 0.423 e. The van der Waals surface area contributed by atoms with Crippen LogP contribution in [-0.2, 0) is 0 Å². The third-order valence-electron chi connectivity index (χ3n) is 17.5. The molecule has 0 saturated heterocycles. The number of thiophene rings is 2. The molecule has 12 aromatic carbocycles. The predicted molar refractivity (Wildman–Crippen MR) is 368 cm³/mol. The zero-order valence-corrected chi connectivity index (χ0v) is 48.5. The molecule has 13 heteroatoms. The summed E-state index contributed by atoms with van der Waals surface area (Å²) < 4.78 is 13.3. The van der Waals surface area contributed by atoms with Gasteiger partial charge in [-0.05, 0) is 138 Å². The maximum Gasteiger partial charge on any atom is 0.489 e. The molecule has 0 radical (unpaired) electrons. The first-order chi connectivity index (χ1) is 43.8. The number of nitrogens with zero attached hydrogens (tertiary/aromatic N) is 8. The Morgan fingerprint density at radius 2 is 0.742 bits per heavy atom. The van der Waals surface area contributed by atoms with E-state index in [1.807, 2.05) is 114 Å². The molecule has 0 spiro atoms. The highest BCUT2D eigenvalue weighted by atomic mass is 32.1. The van der Waals surface area contributed by atoms with E-state index in [-0.39, 0.29) is 0 Å². The first-order valence-corrected chi connectivity index (χ1v) is 30.4. The lowest BCUT2D eigenvalue weighted by molar-refractivity contribution is 0.426. The van der Waals surface area contributed by atoms with Crippen LogP contribution in [0.1, 0.15) is 11.1 Å². The van der Waals surface area contributed by atoms with Crippen molar-refractivity contribution in [2.75, 3.05) is 0 Å². The molecule has 0 saturated carbocycles. The molecule has 0 aliphatic heterocycles. The van der Waals surface area contributed by atoms with Crippen molar-refractivity contribution in [2.45, 2.75) is 0 Å². The number of rotatable bonds is 5. The number of fused-ring (bicyclic) bond motifs is 18. The van der Waals surface area contributed by atoms with Crippen LogP contribution in [0.5, 0.6) is 0 Å². The van der Waals surface area contributed by atoms with Crippen molar-refractivity contribution < 1.29 is 10.0 Å². The van der Waals surface area contributed by atoms with Gasteiger partial charge in [0.2, 0.25) is 0 Å². The fraction of sp³-hybridized carbons (Fsp3) is 0. The monoisotopic (exact) mass is 1170 g/mol. The molecule has 6 heterocycles. The van der Waals surface area contributed by atoms with E-state index in [0.717, 1.165) is 130 Å². The van der Waals surface area contributed by atoms with Crippen LogP contribution < -0.4 is 5.46 Å². The minimum absolute atomic E-state index is 0.433. The van der Waals surface area contributed by atoms with Gasteiger partial charge in [0.05, 0.1) is 101 Å². The molecular formula is C76H41BN8O2S2. The van der Waals surface area contributed by atoms with E-state index < -0.39 is 7.12 Å². The standard InChI is InChI=1S/C38H21BN4O2S.C38H20N4S/c1-41-23-14-16-35-29(18-23)26-8-3-5-11-33(26)43(35)36-12-6-9-27-30-19-24(20-31(39(44)45)37(30)46-38(27)36)42-32-10-4-2-7-25(32)28-17-22(21-40)13-15-34(28)42;1-40-24-14-17-35-30(20-24)27-8-3-5-11-33(27)42(35)36-12-6-9-28-31-21-25(15-18-37(31)43-38(28)36)41-32-10-4-2-7-26(32)29-19-23(22-39)13-16-34(29)41/h2-20,44-45H;2-21H. The van der Waals surface area contributed by atoms with Crippen molar-refractivity contribution in [3.63, 3.8) is 0 Å². The molecule has 6 aromatic heterocycles. The third-order valence-corrected chi connectivity index (χ3v) is 20.0. The van der Waals surface area contributed by atoms with Crippen LogP contribution in [0.2, 0.25) is 0 Å². The Labute approximate surface area is 515 Å². The SMILES string of the molecule is [C-]#[N+]c1ccc2c(c1)c1ccccc1n2-c1cccc2c1sc1c(B(O)O)cc(-n3c4ccccc4c4cc(C#N)ccc43)cc12.[C-]#[N+]c1ccc2c(c1)c1ccccc1n2-c1cccc2c1sc1ccc(-n3c4ccccc4c4cc(C#N)ccc43)cc12. The van der Waals surface area contributed by atoms with E-state index >= 15 is 0 Å². The largest absolute Gasteiger partial charge is 0.489 e. The van der Waals surface area contributed by atoms with Gasteiger partial charge in [-0.15, -0.1) is 22.7 Å². The average molecular weight is 1170 g/mol. The van der Waals surface area contributed by atoms with Gasteiger partial charge in [0.1, 0.15) is 0 Å². The molecule has 0 unspecified atom stereocenters.